The number of benzene rings is 2. The van der Waals surface area contributed by atoms with Crippen molar-refractivity contribution in [3.05, 3.63) is 51.8 Å². The van der Waals surface area contributed by atoms with Gasteiger partial charge in [-0.1, -0.05) is 6.07 Å². The summed E-state index contributed by atoms with van der Waals surface area (Å²) < 4.78 is 18.3. The number of hydrogen-bond acceptors (Lipinski definition) is 4. The minimum absolute atomic E-state index is 0.0334. The van der Waals surface area contributed by atoms with Crippen LogP contribution in [0.5, 0.6) is 17.2 Å². The number of rotatable bonds is 0. The van der Waals surface area contributed by atoms with E-state index in [-0.39, 0.29) is 19.1 Å². The molecule has 24 heavy (non-hydrogen) atoms. The largest absolute Gasteiger partial charge is 0.472 e. The highest BCUT2D eigenvalue weighted by molar-refractivity contribution is 5.88. The number of ether oxygens (including phenoxy) is 3. The highest BCUT2D eigenvalue weighted by atomic mass is 16.7. The van der Waals surface area contributed by atoms with Gasteiger partial charge in [-0.15, -0.1) is 0 Å². The molecule has 5 rings (SSSR count). The first-order chi connectivity index (χ1) is 11.6. The summed E-state index contributed by atoms with van der Waals surface area (Å²) in [4.78, 5) is 12.9. The molecule has 0 saturated carbocycles. The Morgan fingerprint density at radius 2 is 1.62 bits per heavy atom. The van der Waals surface area contributed by atoms with Crippen LogP contribution in [0.3, 0.4) is 0 Å². The van der Waals surface area contributed by atoms with Crippen molar-refractivity contribution < 1.29 is 14.2 Å². The van der Waals surface area contributed by atoms with Crippen LogP contribution in [-0.2, 0) is 6.73 Å². The maximum Gasteiger partial charge on any atom is 0.261 e. The minimum Gasteiger partial charge on any atom is -0.472 e. The van der Waals surface area contributed by atoms with Gasteiger partial charge in [0.2, 0.25) is 6.79 Å². The van der Waals surface area contributed by atoms with E-state index in [1.165, 1.54) is 5.56 Å². The quantitative estimate of drug-likeness (QED) is 0.637. The number of fused-ring (bicyclic) bond motifs is 5. The molecule has 0 unspecified atom stereocenters. The van der Waals surface area contributed by atoms with E-state index < -0.39 is 0 Å². The summed E-state index contributed by atoms with van der Waals surface area (Å²) in [6.45, 7) is 4.48. The highest BCUT2D eigenvalue weighted by Gasteiger charge is 2.25. The second kappa shape index (κ2) is 4.54. The molecule has 0 spiro atoms. The van der Waals surface area contributed by atoms with Crippen LogP contribution < -0.4 is 19.8 Å². The molecule has 2 aromatic carbocycles. The van der Waals surface area contributed by atoms with Gasteiger partial charge in [0.1, 0.15) is 5.75 Å². The standard InChI is InChI=1S/C19H15NO4/c1-10-3-12-5-15-14-6-17-18(24-9-23-17)7-16(14)22-8-20(15)19(21)13(12)4-11(10)2/h3-7H,8-9H2,1-2H3. The third-order valence-corrected chi connectivity index (χ3v) is 4.82. The molecule has 0 radical (unpaired) electrons. The fourth-order valence-electron chi connectivity index (χ4n) is 3.35. The monoisotopic (exact) mass is 321 g/mol. The number of aryl methyl sites for hydroxylation is 2. The van der Waals surface area contributed by atoms with E-state index in [4.69, 9.17) is 14.2 Å². The lowest BCUT2D eigenvalue weighted by molar-refractivity contribution is 0.173. The zero-order valence-electron chi connectivity index (χ0n) is 13.4. The van der Waals surface area contributed by atoms with E-state index in [1.807, 2.05) is 31.2 Å². The normalized spacial score (nSPS) is 14.2. The van der Waals surface area contributed by atoms with Gasteiger partial charge in [0.25, 0.3) is 5.56 Å². The summed E-state index contributed by atoms with van der Waals surface area (Å²) in [6.07, 6.45) is 0. The van der Waals surface area contributed by atoms with Crippen molar-refractivity contribution in [1.82, 2.24) is 4.57 Å². The minimum atomic E-state index is -0.0334. The number of nitrogens with zero attached hydrogens (tertiary/aromatic N) is 1. The average Bonchev–Trinajstić information content (AvgIpc) is 3.02. The Morgan fingerprint density at radius 1 is 0.875 bits per heavy atom. The van der Waals surface area contributed by atoms with E-state index in [1.54, 1.807) is 4.57 Å². The fourth-order valence-corrected chi connectivity index (χ4v) is 3.35. The Morgan fingerprint density at radius 3 is 2.46 bits per heavy atom. The maximum atomic E-state index is 12.9. The van der Waals surface area contributed by atoms with Crippen LogP contribution in [0.15, 0.2) is 35.1 Å². The Labute approximate surface area is 138 Å². The third kappa shape index (κ3) is 1.72. The topological polar surface area (TPSA) is 49.7 Å². The zero-order valence-corrected chi connectivity index (χ0v) is 13.4. The van der Waals surface area contributed by atoms with Crippen LogP contribution in [0.2, 0.25) is 0 Å². The number of pyridine rings is 1. The molecule has 0 bridgehead atoms. The summed E-state index contributed by atoms with van der Waals surface area (Å²) in [5.41, 5.74) is 3.94. The molecule has 0 N–H and O–H groups in total. The van der Waals surface area contributed by atoms with Crippen molar-refractivity contribution in [1.29, 1.82) is 0 Å². The van der Waals surface area contributed by atoms with Crippen molar-refractivity contribution in [2.45, 2.75) is 20.6 Å². The summed E-state index contributed by atoms with van der Waals surface area (Å²) >= 11 is 0. The Balaban J connectivity index is 1.84. The molecular weight excluding hydrogens is 306 g/mol. The van der Waals surface area contributed by atoms with Crippen molar-refractivity contribution in [3.63, 3.8) is 0 Å². The van der Waals surface area contributed by atoms with Gasteiger partial charge in [0.15, 0.2) is 18.2 Å². The lowest BCUT2D eigenvalue weighted by atomic mass is 10.0. The average molecular weight is 321 g/mol. The van der Waals surface area contributed by atoms with Gasteiger partial charge in [0.05, 0.1) is 5.69 Å². The first-order valence-corrected chi connectivity index (χ1v) is 7.83. The summed E-state index contributed by atoms with van der Waals surface area (Å²) in [7, 11) is 0. The predicted octanol–water partition coefficient (Wildman–Crippen LogP) is 3.36. The van der Waals surface area contributed by atoms with Crippen LogP contribution in [0.4, 0.5) is 0 Å². The second-order valence-electron chi connectivity index (χ2n) is 6.26. The molecule has 0 aliphatic carbocycles. The lowest BCUT2D eigenvalue weighted by Gasteiger charge is -2.23. The van der Waals surface area contributed by atoms with Gasteiger partial charge >= 0.3 is 0 Å². The molecule has 0 atom stereocenters. The third-order valence-electron chi connectivity index (χ3n) is 4.82. The molecule has 1 aromatic heterocycles. The van der Waals surface area contributed by atoms with Gasteiger partial charge < -0.3 is 14.2 Å². The van der Waals surface area contributed by atoms with Gasteiger partial charge in [-0.3, -0.25) is 9.36 Å². The molecule has 0 saturated heterocycles. The second-order valence-corrected chi connectivity index (χ2v) is 6.26. The van der Waals surface area contributed by atoms with E-state index in [0.29, 0.717) is 17.2 Å². The SMILES string of the molecule is Cc1cc2cc3n(c(=O)c2cc1C)COc1cc2c(cc1-3)OCO2. The first-order valence-electron chi connectivity index (χ1n) is 7.83. The van der Waals surface area contributed by atoms with Crippen LogP contribution in [0.1, 0.15) is 11.1 Å². The molecule has 5 nitrogen and oxygen atoms in total. The fraction of sp³-hybridized carbons (Fsp3) is 0.211. The Bertz CT molecular complexity index is 1080. The molecule has 120 valence electrons. The van der Waals surface area contributed by atoms with Crippen molar-refractivity contribution in [2.24, 2.45) is 0 Å². The summed E-state index contributed by atoms with van der Waals surface area (Å²) in [5, 5.41) is 1.66. The van der Waals surface area contributed by atoms with E-state index in [0.717, 1.165) is 27.6 Å². The number of aromatic nitrogens is 1. The van der Waals surface area contributed by atoms with Crippen LogP contribution in [0.25, 0.3) is 22.0 Å². The molecule has 2 aliphatic rings. The highest BCUT2D eigenvalue weighted by Crippen LogP contribution is 2.44. The van der Waals surface area contributed by atoms with Gasteiger partial charge in [0, 0.05) is 17.0 Å². The van der Waals surface area contributed by atoms with Gasteiger partial charge in [-0.2, -0.15) is 0 Å². The van der Waals surface area contributed by atoms with E-state index >= 15 is 0 Å². The smallest absolute Gasteiger partial charge is 0.261 e. The van der Waals surface area contributed by atoms with E-state index in [9.17, 15) is 4.79 Å². The van der Waals surface area contributed by atoms with E-state index in [2.05, 4.69) is 13.0 Å². The van der Waals surface area contributed by atoms with Crippen molar-refractivity contribution in [3.8, 4) is 28.5 Å². The number of hydrogen-bond donors (Lipinski definition) is 0. The molecule has 3 heterocycles. The summed E-state index contributed by atoms with van der Waals surface area (Å²) in [6, 6.07) is 9.78. The van der Waals surface area contributed by atoms with Crippen molar-refractivity contribution >= 4 is 10.8 Å². The molecule has 2 aliphatic heterocycles. The first kappa shape index (κ1) is 13.5. The van der Waals surface area contributed by atoms with Crippen LogP contribution in [0, 0.1) is 13.8 Å². The Hall–Kier alpha value is -2.95. The lowest BCUT2D eigenvalue weighted by Crippen LogP contribution is -2.27. The van der Waals surface area contributed by atoms with Crippen molar-refractivity contribution in [2.75, 3.05) is 6.79 Å². The maximum absolute atomic E-state index is 12.9. The predicted molar refractivity (Wildman–Crippen MR) is 89.9 cm³/mol. The zero-order chi connectivity index (χ0) is 16.4. The Kier molecular flexibility index (Phi) is 2.55. The van der Waals surface area contributed by atoms with Gasteiger partial charge in [-0.25, -0.2) is 0 Å². The molecule has 0 fully saturated rings. The molecular formula is C19H15NO4. The molecule has 0 amide bonds. The van der Waals surface area contributed by atoms with Gasteiger partial charge in [-0.05, 0) is 48.6 Å². The molecule has 3 aromatic rings. The van der Waals surface area contributed by atoms with Crippen LogP contribution >= 0.6 is 0 Å². The molecule has 5 heteroatoms. The summed E-state index contributed by atoms with van der Waals surface area (Å²) in [5.74, 6) is 2.07. The van der Waals surface area contributed by atoms with Crippen LogP contribution in [-0.4, -0.2) is 11.4 Å².